The molecule has 0 saturated carbocycles. The standard InChI is InChI=1S/C13H21N3/c1-13(2)5-3-7-16(10-13)9-12-8-11(14)4-6-15-12/h4,6,8H,3,5,7,9-10H2,1-2H3,(H2,14,15). The van der Waals surface area contributed by atoms with E-state index in [0.717, 1.165) is 24.5 Å². The van der Waals surface area contributed by atoms with Crippen LogP contribution >= 0.6 is 0 Å². The van der Waals surface area contributed by atoms with Crippen molar-refractivity contribution in [3.05, 3.63) is 24.0 Å². The largest absolute Gasteiger partial charge is 0.399 e. The number of nitrogens with two attached hydrogens (primary N) is 1. The Morgan fingerprint density at radius 2 is 2.31 bits per heavy atom. The Labute approximate surface area is 97.7 Å². The van der Waals surface area contributed by atoms with Gasteiger partial charge in [-0.25, -0.2) is 0 Å². The molecular formula is C13H21N3. The molecule has 2 rings (SSSR count). The van der Waals surface area contributed by atoms with Gasteiger partial charge in [0.25, 0.3) is 0 Å². The molecular weight excluding hydrogens is 198 g/mol. The van der Waals surface area contributed by atoms with E-state index in [1.54, 1.807) is 6.20 Å². The van der Waals surface area contributed by atoms with Crippen molar-refractivity contribution in [2.45, 2.75) is 33.2 Å². The average Bonchev–Trinajstić information content (AvgIpc) is 2.15. The number of pyridine rings is 1. The maximum absolute atomic E-state index is 5.76. The first-order valence-corrected chi connectivity index (χ1v) is 5.98. The van der Waals surface area contributed by atoms with E-state index >= 15 is 0 Å². The lowest BCUT2D eigenvalue weighted by molar-refractivity contribution is 0.110. The zero-order valence-corrected chi connectivity index (χ0v) is 10.2. The van der Waals surface area contributed by atoms with E-state index in [1.165, 1.54) is 19.4 Å². The summed E-state index contributed by atoms with van der Waals surface area (Å²) in [5.74, 6) is 0. The van der Waals surface area contributed by atoms with Crippen LogP contribution in [0.1, 0.15) is 32.4 Å². The number of hydrogen-bond acceptors (Lipinski definition) is 3. The number of piperidine rings is 1. The second kappa shape index (κ2) is 4.42. The van der Waals surface area contributed by atoms with Crippen LogP contribution in [0.2, 0.25) is 0 Å². The zero-order valence-electron chi connectivity index (χ0n) is 10.2. The highest BCUT2D eigenvalue weighted by atomic mass is 15.1. The van der Waals surface area contributed by atoms with Crippen LogP contribution in [0.4, 0.5) is 5.69 Å². The summed E-state index contributed by atoms with van der Waals surface area (Å²) in [5.41, 5.74) is 8.09. The van der Waals surface area contributed by atoms with Crippen molar-refractivity contribution in [3.63, 3.8) is 0 Å². The lowest BCUT2D eigenvalue weighted by Crippen LogP contribution is -2.39. The second-order valence-electron chi connectivity index (χ2n) is 5.56. The molecule has 1 fully saturated rings. The Morgan fingerprint density at radius 1 is 1.50 bits per heavy atom. The Hall–Kier alpha value is -1.09. The van der Waals surface area contributed by atoms with Crippen molar-refractivity contribution in [2.24, 2.45) is 5.41 Å². The Morgan fingerprint density at radius 3 is 3.00 bits per heavy atom. The van der Waals surface area contributed by atoms with Gasteiger partial charge >= 0.3 is 0 Å². The molecule has 88 valence electrons. The second-order valence-corrected chi connectivity index (χ2v) is 5.56. The number of likely N-dealkylation sites (tertiary alicyclic amines) is 1. The number of aromatic nitrogens is 1. The quantitative estimate of drug-likeness (QED) is 0.829. The third-order valence-corrected chi connectivity index (χ3v) is 3.21. The van der Waals surface area contributed by atoms with Crippen LogP contribution in [-0.2, 0) is 6.54 Å². The summed E-state index contributed by atoms with van der Waals surface area (Å²) in [6, 6.07) is 3.81. The van der Waals surface area contributed by atoms with Gasteiger partial charge in [-0.3, -0.25) is 9.88 Å². The molecule has 1 aliphatic heterocycles. The molecule has 3 heteroatoms. The maximum atomic E-state index is 5.76. The minimum atomic E-state index is 0.443. The SMILES string of the molecule is CC1(C)CCCN(Cc2cc(N)ccn2)C1. The average molecular weight is 219 g/mol. The van der Waals surface area contributed by atoms with Crippen LogP contribution in [0.25, 0.3) is 0 Å². The molecule has 2 heterocycles. The molecule has 0 bridgehead atoms. The van der Waals surface area contributed by atoms with Gasteiger partial charge in [-0.2, -0.15) is 0 Å². The molecule has 1 saturated heterocycles. The van der Waals surface area contributed by atoms with Gasteiger partial charge in [0, 0.05) is 25.0 Å². The third kappa shape index (κ3) is 2.95. The number of nitrogens with zero attached hydrogens (tertiary/aromatic N) is 2. The van der Waals surface area contributed by atoms with Gasteiger partial charge in [-0.05, 0) is 36.9 Å². The summed E-state index contributed by atoms with van der Waals surface area (Å²) in [6.07, 6.45) is 4.41. The molecule has 1 aromatic heterocycles. The number of anilines is 1. The highest BCUT2D eigenvalue weighted by molar-refractivity contribution is 5.37. The molecule has 0 unspecified atom stereocenters. The van der Waals surface area contributed by atoms with E-state index in [0.29, 0.717) is 5.41 Å². The zero-order chi connectivity index (χ0) is 11.6. The van der Waals surface area contributed by atoms with Gasteiger partial charge in [0.15, 0.2) is 0 Å². The molecule has 1 aromatic rings. The van der Waals surface area contributed by atoms with E-state index in [-0.39, 0.29) is 0 Å². The number of rotatable bonds is 2. The van der Waals surface area contributed by atoms with Gasteiger partial charge in [0.2, 0.25) is 0 Å². The highest BCUT2D eigenvalue weighted by Crippen LogP contribution is 2.29. The minimum Gasteiger partial charge on any atom is -0.399 e. The third-order valence-electron chi connectivity index (χ3n) is 3.21. The molecule has 0 radical (unpaired) electrons. The topological polar surface area (TPSA) is 42.1 Å². The molecule has 0 aliphatic carbocycles. The Bertz CT molecular complexity index is 360. The highest BCUT2D eigenvalue weighted by Gasteiger charge is 2.26. The fourth-order valence-corrected chi connectivity index (χ4v) is 2.49. The minimum absolute atomic E-state index is 0.443. The fraction of sp³-hybridized carbons (Fsp3) is 0.615. The summed E-state index contributed by atoms with van der Waals surface area (Å²) in [5, 5.41) is 0. The number of nitrogen functional groups attached to an aromatic ring is 1. The molecule has 0 spiro atoms. The van der Waals surface area contributed by atoms with Gasteiger partial charge in [0.1, 0.15) is 0 Å². The van der Waals surface area contributed by atoms with E-state index in [1.807, 2.05) is 12.1 Å². The van der Waals surface area contributed by atoms with Gasteiger partial charge in [-0.1, -0.05) is 13.8 Å². The molecule has 0 amide bonds. The first-order chi connectivity index (χ1) is 7.55. The predicted molar refractivity (Wildman–Crippen MR) is 66.9 cm³/mol. The lowest BCUT2D eigenvalue weighted by Gasteiger charge is -2.37. The summed E-state index contributed by atoms with van der Waals surface area (Å²) in [6.45, 7) is 7.94. The van der Waals surface area contributed by atoms with E-state index in [2.05, 4.69) is 23.7 Å². The summed E-state index contributed by atoms with van der Waals surface area (Å²) in [4.78, 5) is 6.84. The predicted octanol–water partition coefficient (Wildman–Crippen LogP) is 2.29. The van der Waals surface area contributed by atoms with Gasteiger partial charge in [0.05, 0.1) is 5.69 Å². The van der Waals surface area contributed by atoms with Gasteiger partial charge < -0.3 is 5.73 Å². The van der Waals surface area contributed by atoms with Crippen LogP contribution in [-0.4, -0.2) is 23.0 Å². The van der Waals surface area contributed by atoms with Crippen LogP contribution in [0.3, 0.4) is 0 Å². The molecule has 0 atom stereocenters. The Balaban J connectivity index is 1.99. The molecule has 3 nitrogen and oxygen atoms in total. The maximum Gasteiger partial charge on any atom is 0.0564 e. The monoisotopic (exact) mass is 219 g/mol. The summed E-state index contributed by atoms with van der Waals surface area (Å²) < 4.78 is 0. The molecule has 2 N–H and O–H groups in total. The normalized spacial score (nSPS) is 20.9. The first kappa shape index (κ1) is 11.4. The Kier molecular flexibility index (Phi) is 3.15. The van der Waals surface area contributed by atoms with E-state index < -0.39 is 0 Å². The van der Waals surface area contributed by atoms with Crippen molar-refractivity contribution < 1.29 is 0 Å². The summed E-state index contributed by atoms with van der Waals surface area (Å²) in [7, 11) is 0. The fourth-order valence-electron chi connectivity index (χ4n) is 2.49. The summed E-state index contributed by atoms with van der Waals surface area (Å²) >= 11 is 0. The van der Waals surface area contributed by atoms with E-state index in [4.69, 9.17) is 5.73 Å². The number of hydrogen-bond donors (Lipinski definition) is 1. The molecule has 16 heavy (non-hydrogen) atoms. The molecule has 0 aromatic carbocycles. The van der Waals surface area contributed by atoms with Crippen molar-refractivity contribution in [1.82, 2.24) is 9.88 Å². The lowest BCUT2D eigenvalue weighted by atomic mass is 9.84. The van der Waals surface area contributed by atoms with Crippen molar-refractivity contribution in [3.8, 4) is 0 Å². The van der Waals surface area contributed by atoms with E-state index in [9.17, 15) is 0 Å². The smallest absolute Gasteiger partial charge is 0.0564 e. The van der Waals surface area contributed by atoms with Crippen molar-refractivity contribution >= 4 is 5.69 Å². The van der Waals surface area contributed by atoms with Gasteiger partial charge in [-0.15, -0.1) is 0 Å². The van der Waals surface area contributed by atoms with Crippen LogP contribution in [0, 0.1) is 5.41 Å². The first-order valence-electron chi connectivity index (χ1n) is 5.98. The van der Waals surface area contributed by atoms with Crippen LogP contribution in [0.15, 0.2) is 18.3 Å². The van der Waals surface area contributed by atoms with Crippen LogP contribution < -0.4 is 5.73 Å². The van der Waals surface area contributed by atoms with Crippen molar-refractivity contribution in [2.75, 3.05) is 18.8 Å². The molecule has 1 aliphatic rings. The van der Waals surface area contributed by atoms with Crippen molar-refractivity contribution in [1.29, 1.82) is 0 Å². The van der Waals surface area contributed by atoms with Crippen LogP contribution in [0.5, 0.6) is 0 Å².